The van der Waals surface area contributed by atoms with Crippen LogP contribution in [0.1, 0.15) is 12.0 Å². The van der Waals surface area contributed by atoms with Crippen LogP contribution in [0.15, 0.2) is 206 Å². The Morgan fingerprint density at radius 1 is 0.302 bits per heavy atom. The van der Waals surface area contributed by atoms with Gasteiger partial charge < -0.3 is 0 Å². The third kappa shape index (κ3) is 5.48. The molecule has 0 N–H and O–H groups in total. The summed E-state index contributed by atoms with van der Waals surface area (Å²) in [4.78, 5) is 0. The van der Waals surface area contributed by atoms with Crippen LogP contribution in [0.3, 0.4) is 0 Å². The van der Waals surface area contributed by atoms with Gasteiger partial charge in [0.05, 0.1) is 0 Å². The molecular weight excluding hydrogens is 637 g/mol. The molecule has 0 atom stereocenters. The lowest BCUT2D eigenvalue weighted by molar-refractivity contribution is 1.45. The summed E-state index contributed by atoms with van der Waals surface area (Å²) >= 11 is 0. The van der Waals surface area contributed by atoms with Crippen LogP contribution in [0.25, 0.3) is 93.5 Å². The first kappa shape index (κ1) is 31.0. The van der Waals surface area contributed by atoms with Crippen LogP contribution in [-0.2, 0) is 0 Å². The quantitative estimate of drug-likeness (QED) is 0.154. The number of benzene rings is 9. The van der Waals surface area contributed by atoms with Gasteiger partial charge in [0, 0.05) is 0 Å². The normalized spacial score (nSPS) is 12.5. The molecule has 1 aliphatic rings. The van der Waals surface area contributed by atoms with Crippen molar-refractivity contribution in [2.24, 2.45) is 0 Å². The summed E-state index contributed by atoms with van der Waals surface area (Å²) in [6.07, 6.45) is 7.80. The van der Waals surface area contributed by atoms with Crippen molar-refractivity contribution < 1.29 is 0 Å². The van der Waals surface area contributed by atoms with E-state index in [0.717, 1.165) is 6.42 Å². The highest BCUT2D eigenvalue weighted by Gasteiger charge is 2.22. The summed E-state index contributed by atoms with van der Waals surface area (Å²) in [6.45, 7) is 0. The van der Waals surface area contributed by atoms with Crippen LogP contribution in [-0.4, -0.2) is 0 Å². The number of hydrogen-bond acceptors (Lipinski definition) is 0. The molecule has 9 aromatic carbocycles. The zero-order valence-corrected chi connectivity index (χ0v) is 29.3. The predicted octanol–water partition coefficient (Wildman–Crippen LogP) is 14.8. The van der Waals surface area contributed by atoms with Crippen LogP contribution in [0.2, 0.25) is 0 Å². The molecular formula is C53H36. The van der Waals surface area contributed by atoms with E-state index in [9.17, 15) is 0 Å². The van der Waals surface area contributed by atoms with E-state index in [1.54, 1.807) is 0 Å². The van der Waals surface area contributed by atoms with Gasteiger partial charge in [0.2, 0.25) is 0 Å². The van der Waals surface area contributed by atoms with E-state index in [1.807, 2.05) is 0 Å². The van der Waals surface area contributed by atoms with Gasteiger partial charge >= 0.3 is 0 Å². The monoisotopic (exact) mass is 672 g/mol. The zero-order chi connectivity index (χ0) is 35.1. The summed E-state index contributed by atoms with van der Waals surface area (Å²) in [7, 11) is 0. The van der Waals surface area contributed by atoms with E-state index in [2.05, 4.69) is 206 Å². The molecule has 0 bridgehead atoms. The molecule has 0 fully saturated rings. The molecule has 0 nitrogen and oxygen atoms in total. The van der Waals surface area contributed by atoms with Gasteiger partial charge in [-0.3, -0.25) is 0 Å². The van der Waals surface area contributed by atoms with Gasteiger partial charge in [-0.05, 0) is 130 Å². The van der Waals surface area contributed by atoms with E-state index < -0.39 is 0 Å². The van der Waals surface area contributed by atoms with Crippen molar-refractivity contribution in [3.05, 3.63) is 212 Å². The third-order valence-electron chi connectivity index (χ3n) is 10.8. The highest BCUT2D eigenvalue weighted by atomic mass is 14.3. The highest BCUT2D eigenvalue weighted by molar-refractivity contribution is 6.25. The Morgan fingerprint density at radius 3 is 1.26 bits per heavy atom. The lowest BCUT2D eigenvalue weighted by Crippen LogP contribution is -1.95. The number of allylic oxidation sites excluding steroid dienone is 4. The summed E-state index contributed by atoms with van der Waals surface area (Å²) in [5.41, 5.74) is 14.9. The first-order chi connectivity index (χ1) is 26.3. The maximum atomic E-state index is 2.43. The number of fused-ring (bicyclic) bond motifs is 3. The van der Waals surface area contributed by atoms with E-state index in [4.69, 9.17) is 0 Å². The Morgan fingerprint density at radius 2 is 0.755 bits per heavy atom. The maximum absolute atomic E-state index is 2.43. The SMILES string of the molecule is C1=CC(c2ccc(-c3c4ccccc4c(-c4ccc(-c5ccccc5)cc4-c4ccccc4)c4cc5ccccc5cc34)c(-c3ccccc3)c2)=CC1. The van der Waals surface area contributed by atoms with Crippen molar-refractivity contribution >= 4 is 37.9 Å². The van der Waals surface area contributed by atoms with Gasteiger partial charge in [-0.25, -0.2) is 0 Å². The standard InChI is InChI=1S/C53H36/c1-4-16-36(17-5-1)42-28-30-46(48(32-42)38-20-6-2-7-21-38)52-44-26-14-15-27-45(44)53(51-35-41-25-13-12-24-40(41)34-50(51)52)47-31-29-43(37-18-10-11-19-37)33-49(47)39-22-8-3-9-23-39/h1-10,12-35H,11H2. The van der Waals surface area contributed by atoms with Crippen LogP contribution < -0.4 is 0 Å². The van der Waals surface area contributed by atoms with E-state index in [1.165, 1.54) is 99.1 Å². The molecule has 248 valence electrons. The molecule has 0 unspecified atom stereocenters. The Bertz CT molecular complexity index is 2880. The van der Waals surface area contributed by atoms with E-state index in [-0.39, 0.29) is 0 Å². The second-order valence-corrected chi connectivity index (χ2v) is 14.0. The van der Waals surface area contributed by atoms with Crippen molar-refractivity contribution in [1.82, 2.24) is 0 Å². The van der Waals surface area contributed by atoms with Gasteiger partial charge in [-0.1, -0.05) is 182 Å². The fourth-order valence-electron chi connectivity index (χ4n) is 8.34. The fourth-order valence-corrected chi connectivity index (χ4v) is 8.34. The van der Waals surface area contributed by atoms with Gasteiger partial charge in [0.15, 0.2) is 0 Å². The fraction of sp³-hybridized carbons (Fsp3) is 0.0189. The van der Waals surface area contributed by atoms with E-state index in [0.29, 0.717) is 0 Å². The summed E-state index contributed by atoms with van der Waals surface area (Å²) in [6, 6.07) is 69.3. The molecule has 53 heavy (non-hydrogen) atoms. The lowest BCUT2D eigenvalue weighted by atomic mass is 9.80. The van der Waals surface area contributed by atoms with Crippen LogP contribution in [0.5, 0.6) is 0 Å². The average molecular weight is 673 g/mol. The Labute approximate surface area is 310 Å². The topological polar surface area (TPSA) is 0 Å². The van der Waals surface area contributed by atoms with Crippen LogP contribution >= 0.6 is 0 Å². The summed E-state index contributed by atoms with van der Waals surface area (Å²) < 4.78 is 0. The van der Waals surface area contributed by atoms with Gasteiger partial charge in [-0.15, -0.1) is 0 Å². The summed E-state index contributed by atoms with van der Waals surface area (Å²) in [5.74, 6) is 0. The molecule has 9 aromatic rings. The van der Waals surface area contributed by atoms with Crippen molar-refractivity contribution in [1.29, 1.82) is 0 Å². The van der Waals surface area contributed by atoms with Crippen molar-refractivity contribution in [3.63, 3.8) is 0 Å². The first-order valence-corrected chi connectivity index (χ1v) is 18.5. The molecule has 10 rings (SSSR count). The molecule has 0 aromatic heterocycles. The van der Waals surface area contributed by atoms with Crippen molar-refractivity contribution in [2.45, 2.75) is 6.42 Å². The van der Waals surface area contributed by atoms with E-state index >= 15 is 0 Å². The first-order valence-electron chi connectivity index (χ1n) is 18.5. The molecule has 0 heteroatoms. The third-order valence-corrected chi connectivity index (χ3v) is 10.8. The Hall–Kier alpha value is -6.76. The molecule has 0 radical (unpaired) electrons. The maximum Gasteiger partial charge on any atom is -0.00199 e. The predicted molar refractivity (Wildman–Crippen MR) is 228 cm³/mol. The van der Waals surface area contributed by atoms with Crippen molar-refractivity contribution in [3.8, 4) is 55.6 Å². The van der Waals surface area contributed by atoms with Gasteiger partial charge in [0.25, 0.3) is 0 Å². The summed E-state index contributed by atoms with van der Waals surface area (Å²) in [5, 5.41) is 7.49. The van der Waals surface area contributed by atoms with Crippen molar-refractivity contribution in [2.75, 3.05) is 0 Å². The lowest BCUT2D eigenvalue weighted by Gasteiger charge is -2.22. The number of rotatable bonds is 6. The largest absolute Gasteiger partial charge is 0.0801 e. The molecule has 0 spiro atoms. The molecule has 0 amide bonds. The number of hydrogen-bond donors (Lipinski definition) is 0. The highest BCUT2D eigenvalue weighted by Crippen LogP contribution is 2.49. The second kappa shape index (κ2) is 13.1. The molecule has 0 aliphatic heterocycles. The Balaban J connectivity index is 1.34. The molecule has 0 heterocycles. The Kier molecular flexibility index (Phi) is 7.66. The molecule has 0 saturated heterocycles. The van der Waals surface area contributed by atoms with Crippen LogP contribution in [0.4, 0.5) is 0 Å². The van der Waals surface area contributed by atoms with Gasteiger partial charge in [-0.2, -0.15) is 0 Å². The minimum Gasteiger partial charge on any atom is -0.0801 e. The zero-order valence-electron chi connectivity index (χ0n) is 29.3. The average Bonchev–Trinajstić information content (AvgIpc) is 3.78. The molecule has 0 saturated carbocycles. The van der Waals surface area contributed by atoms with Crippen LogP contribution in [0, 0.1) is 0 Å². The minimum absolute atomic E-state index is 0.985. The van der Waals surface area contributed by atoms with Gasteiger partial charge in [0.1, 0.15) is 0 Å². The second-order valence-electron chi connectivity index (χ2n) is 14.0. The minimum atomic E-state index is 0.985. The molecule has 1 aliphatic carbocycles. The smallest absolute Gasteiger partial charge is 0.00199 e.